The third kappa shape index (κ3) is 2.08. The maximum atomic E-state index is 5.67. The van der Waals surface area contributed by atoms with Crippen LogP contribution in [0.5, 0.6) is 5.75 Å². The van der Waals surface area contributed by atoms with Gasteiger partial charge < -0.3 is 4.74 Å². The van der Waals surface area contributed by atoms with Gasteiger partial charge in [0, 0.05) is 12.7 Å². The number of hydrogen-bond donors (Lipinski definition) is 0. The van der Waals surface area contributed by atoms with Crippen molar-refractivity contribution in [2.24, 2.45) is 7.05 Å². The van der Waals surface area contributed by atoms with E-state index in [0.717, 1.165) is 11.4 Å². The predicted octanol–water partition coefficient (Wildman–Crippen LogP) is 2.62. The molecule has 3 nitrogen and oxygen atoms in total. The smallest absolute Gasteiger partial charge is 0.132 e. The van der Waals surface area contributed by atoms with Crippen LogP contribution in [-0.2, 0) is 13.7 Å². The lowest BCUT2D eigenvalue weighted by atomic mass is 10.2. The molecule has 1 heterocycles. The highest BCUT2D eigenvalue weighted by molar-refractivity contribution is 5.25. The van der Waals surface area contributed by atoms with Crippen molar-refractivity contribution in [3.05, 3.63) is 47.3 Å². The fourth-order valence-corrected chi connectivity index (χ4v) is 1.59. The Morgan fingerprint density at radius 2 is 1.88 bits per heavy atom. The van der Waals surface area contributed by atoms with Gasteiger partial charge in [0.15, 0.2) is 0 Å². The molecule has 16 heavy (non-hydrogen) atoms. The summed E-state index contributed by atoms with van der Waals surface area (Å²) in [6, 6.07) is 9.80. The van der Waals surface area contributed by atoms with Gasteiger partial charge in [-0.3, -0.25) is 4.68 Å². The molecule has 0 spiro atoms. The summed E-state index contributed by atoms with van der Waals surface area (Å²) >= 11 is 0. The first-order valence-electron chi connectivity index (χ1n) is 5.35. The SMILES string of the molecule is Cc1c(COc2ccccc2)nn(C)c1C. The van der Waals surface area contributed by atoms with E-state index in [0.29, 0.717) is 6.61 Å². The topological polar surface area (TPSA) is 27.1 Å². The minimum Gasteiger partial charge on any atom is -0.487 e. The molecule has 0 saturated heterocycles. The van der Waals surface area contributed by atoms with E-state index in [4.69, 9.17) is 4.74 Å². The van der Waals surface area contributed by atoms with E-state index in [1.165, 1.54) is 11.3 Å². The van der Waals surface area contributed by atoms with Crippen molar-refractivity contribution in [1.82, 2.24) is 9.78 Å². The molecule has 84 valence electrons. The van der Waals surface area contributed by atoms with Crippen LogP contribution in [0.4, 0.5) is 0 Å². The van der Waals surface area contributed by atoms with Crippen LogP contribution in [0, 0.1) is 13.8 Å². The zero-order chi connectivity index (χ0) is 11.5. The average Bonchev–Trinajstić information content (AvgIpc) is 2.56. The zero-order valence-corrected chi connectivity index (χ0v) is 9.90. The molecule has 1 aromatic carbocycles. The summed E-state index contributed by atoms with van der Waals surface area (Å²) < 4.78 is 7.55. The number of ether oxygens (including phenoxy) is 1. The highest BCUT2D eigenvalue weighted by Crippen LogP contribution is 2.15. The van der Waals surface area contributed by atoms with Gasteiger partial charge >= 0.3 is 0 Å². The molecule has 0 aliphatic rings. The van der Waals surface area contributed by atoms with Crippen LogP contribution < -0.4 is 4.74 Å². The quantitative estimate of drug-likeness (QED) is 0.788. The van der Waals surface area contributed by atoms with Gasteiger partial charge in [-0.15, -0.1) is 0 Å². The Balaban J connectivity index is 2.08. The van der Waals surface area contributed by atoms with Crippen molar-refractivity contribution in [3.8, 4) is 5.75 Å². The van der Waals surface area contributed by atoms with Crippen molar-refractivity contribution >= 4 is 0 Å². The molecule has 2 aromatic rings. The maximum absolute atomic E-state index is 5.67. The normalized spacial score (nSPS) is 10.4. The third-order valence-electron chi connectivity index (χ3n) is 2.85. The summed E-state index contributed by atoms with van der Waals surface area (Å²) in [5.74, 6) is 0.880. The van der Waals surface area contributed by atoms with E-state index < -0.39 is 0 Å². The Morgan fingerprint density at radius 1 is 1.19 bits per heavy atom. The van der Waals surface area contributed by atoms with Gasteiger partial charge in [0.25, 0.3) is 0 Å². The van der Waals surface area contributed by atoms with Crippen molar-refractivity contribution in [3.63, 3.8) is 0 Å². The molecule has 1 aromatic heterocycles. The minimum atomic E-state index is 0.525. The van der Waals surface area contributed by atoms with E-state index in [2.05, 4.69) is 18.9 Å². The van der Waals surface area contributed by atoms with E-state index in [1.54, 1.807) is 0 Å². The second-order valence-corrected chi connectivity index (χ2v) is 3.88. The summed E-state index contributed by atoms with van der Waals surface area (Å²) in [4.78, 5) is 0. The van der Waals surface area contributed by atoms with Gasteiger partial charge in [0.2, 0.25) is 0 Å². The second kappa shape index (κ2) is 4.39. The van der Waals surface area contributed by atoms with Crippen LogP contribution in [0.2, 0.25) is 0 Å². The third-order valence-corrected chi connectivity index (χ3v) is 2.85. The molecule has 0 aliphatic carbocycles. The van der Waals surface area contributed by atoms with Crippen molar-refractivity contribution < 1.29 is 4.74 Å². The van der Waals surface area contributed by atoms with Gasteiger partial charge in [-0.1, -0.05) is 18.2 Å². The van der Waals surface area contributed by atoms with E-state index in [9.17, 15) is 0 Å². The van der Waals surface area contributed by atoms with Crippen LogP contribution in [-0.4, -0.2) is 9.78 Å². The van der Waals surface area contributed by atoms with Gasteiger partial charge in [-0.25, -0.2) is 0 Å². The summed E-state index contributed by atoms with van der Waals surface area (Å²) in [5, 5.41) is 4.42. The molecule has 2 rings (SSSR count). The fraction of sp³-hybridized carbons (Fsp3) is 0.308. The van der Waals surface area contributed by atoms with Crippen molar-refractivity contribution in [2.45, 2.75) is 20.5 Å². The van der Waals surface area contributed by atoms with Gasteiger partial charge in [-0.2, -0.15) is 5.10 Å². The molecule has 0 radical (unpaired) electrons. The molecule has 0 unspecified atom stereocenters. The number of aromatic nitrogens is 2. The number of nitrogens with zero attached hydrogens (tertiary/aromatic N) is 2. The molecule has 3 heteroatoms. The highest BCUT2D eigenvalue weighted by Gasteiger charge is 2.08. The van der Waals surface area contributed by atoms with Gasteiger partial charge in [0.1, 0.15) is 18.1 Å². The lowest BCUT2D eigenvalue weighted by molar-refractivity contribution is 0.299. The zero-order valence-electron chi connectivity index (χ0n) is 9.90. The number of rotatable bonds is 3. The van der Waals surface area contributed by atoms with E-state index in [-0.39, 0.29) is 0 Å². The molecule has 0 saturated carbocycles. The van der Waals surface area contributed by atoms with Gasteiger partial charge in [0.05, 0.1) is 0 Å². The standard InChI is InChI=1S/C13H16N2O/c1-10-11(2)15(3)14-13(10)9-16-12-7-5-4-6-8-12/h4-8H,9H2,1-3H3. The first kappa shape index (κ1) is 10.7. The predicted molar refractivity (Wildman–Crippen MR) is 63.5 cm³/mol. The number of hydrogen-bond acceptors (Lipinski definition) is 2. The Kier molecular flexibility index (Phi) is 2.95. The number of benzene rings is 1. The Bertz CT molecular complexity index is 474. The minimum absolute atomic E-state index is 0.525. The Morgan fingerprint density at radius 3 is 2.44 bits per heavy atom. The van der Waals surface area contributed by atoms with Crippen LogP contribution in [0.15, 0.2) is 30.3 Å². The molecule has 0 bridgehead atoms. The van der Waals surface area contributed by atoms with E-state index >= 15 is 0 Å². The van der Waals surface area contributed by atoms with Crippen LogP contribution >= 0.6 is 0 Å². The highest BCUT2D eigenvalue weighted by atomic mass is 16.5. The van der Waals surface area contributed by atoms with E-state index in [1.807, 2.05) is 42.1 Å². The molecule has 0 atom stereocenters. The summed E-state index contributed by atoms with van der Waals surface area (Å²) in [6.07, 6.45) is 0. The Labute approximate surface area is 95.7 Å². The lowest BCUT2D eigenvalue weighted by Crippen LogP contribution is -1.98. The maximum Gasteiger partial charge on any atom is 0.132 e. The largest absolute Gasteiger partial charge is 0.487 e. The molecule has 0 fully saturated rings. The first-order valence-corrected chi connectivity index (χ1v) is 5.35. The van der Waals surface area contributed by atoms with Crippen LogP contribution in [0.1, 0.15) is 17.0 Å². The number of aryl methyl sites for hydroxylation is 1. The second-order valence-electron chi connectivity index (χ2n) is 3.88. The molecule has 0 amide bonds. The summed E-state index contributed by atoms with van der Waals surface area (Å²) in [7, 11) is 1.95. The molecule has 0 N–H and O–H groups in total. The van der Waals surface area contributed by atoms with Crippen LogP contribution in [0.3, 0.4) is 0 Å². The lowest BCUT2D eigenvalue weighted by Gasteiger charge is -2.03. The number of para-hydroxylation sites is 1. The first-order chi connectivity index (χ1) is 7.68. The molecular formula is C13H16N2O. The summed E-state index contributed by atoms with van der Waals surface area (Å²) in [5.41, 5.74) is 3.40. The average molecular weight is 216 g/mol. The van der Waals surface area contributed by atoms with Gasteiger partial charge in [-0.05, 0) is 31.5 Å². The van der Waals surface area contributed by atoms with Crippen molar-refractivity contribution in [1.29, 1.82) is 0 Å². The van der Waals surface area contributed by atoms with Crippen molar-refractivity contribution in [2.75, 3.05) is 0 Å². The summed E-state index contributed by atoms with van der Waals surface area (Å²) in [6.45, 7) is 4.66. The molecular weight excluding hydrogens is 200 g/mol. The molecule has 0 aliphatic heterocycles. The van der Waals surface area contributed by atoms with Crippen LogP contribution in [0.25, 0.3) is 0 Å². The Hall–Kier alpha value is -1.77. The fourth-order valence-electron chi connectivity index (χ4n) is 1.59. The monoisotopic (exact) mass is 216 g/mol.